The van der Waals surface area contributed by atoms with Gasteiger partial charge < -0.3 is 9.80 Å². The fraction of sp³-hybridized carbons (Fsp3) is 0.0541. The van der Waals surface area contributed by atoms with Gasteiger partial charge >= 0.3 is 0 Å². The van der Waals surface area contributed by atoms with Crippen LogP contribution in [0.15, 0.2) is 261 Å². The van der Waals surface area contributed by atoms with Crippen LogP contribution < -0.4 is 9.80 Å². The second kappa shape index (κ2) is 18.2. The first-order valence-electron chi connectivity index (χ1n) is 26.8. The summed E-state index contributed by atoms with van der Waals surface area (Å²) in [7, 11) is 0. The van der Waals surface area contributed by atoms with Gasteiger partial charge in [-0.25, -0.2) is 0 Å². The number of hydrogen-bond acceptors (Lipinski definition) is 2. The fourth-order valence-electron chi connectivity index (χ4n) is 12.8. The zero-order valence-corrected chi connectivity index (χ0v) is 42.1. The third-order valence-corrected chi connectivity index (χ3v) is 16.3. The molecule has 0 saturated heterocycles. The molecule has 0 unspecified atom stereocenters. The lowest BCUT2D eigenvalue weighted by Crippen LogP contribution is -2.19. The minimum absolute atomic E-state index is 0.935. The molecule has 13 aromatic rings. The van der Waals surface area contributed by atoms with Crippen molar-refractivity contribution in [3.05, 3.63) is 289 Å². The largest absolute Gasteiger partial charge is 0.310 e. The van der Waals surface area contributed by atoms with Gasteiger partial charge in [-0.05, 0) is 162 Å². The Morgan fingerprint density at radius 2 is 0.816 bits per heavy atom. The molecule has 2 heteroatoms. The monoisotopic (exact) mass is 968 g/mol. The molecule has 0 fully saturated rings. The number of allylic oxidation sites excluding steroid dienone is 2. The number of anilines is 5. The minimum Gasteiger partial charge on any atom is -0.310 e. The van der Waals surface area contributed by atoms with Crippen LogP contribution in [-0.4, -0.2) is 0 Å². The first-order chi connectivity index (χ1) is 37.7. The van der Waals surface area contributed by atoms with Crippen LogP contribution in [0, 0.1) is 0 Å². The number of rotatable bonds is 8. The highest BCUT2D eigenvalue weighted by Gasteiger charge is 2.27. The van der Waals surface area contributed by atoms with Crippen LogP contribution in [0.5, 0.6) is 0 Å². The van der Waals surface area contributed by atoms with Crippen LogP contribution in [0.25, 0.3) is 93.1 Å². The van der Waals surface area contributed by atoms with E-state index in [1.54, 1.807) is 0 Å². The SMILES string of the molecule is C1=C(c2c3cc(N(c4cccc5ccccc45)c4cccc5ccccc45)ccc3c(-c3ccc4ccccc4c3)c3cc(N(C4=CCCc5ccccc54)c4cccc5ccccc45)ccc23)CCc2ccccc21. The van der Waals surface area contributed by atoms with E-state index in [1.807, 2.05) is 0 Å². The Kier molecular flexibility index (Phi) is 10.5. The minimum atomic E-state index is 0.935. The maximum absolute atomic E-state index is 2.55. The number of fused-ring (bicyclic) bond motifs is 8. The molecule has 0 N–H and O–H groups in total. The summed E-state index contributed by atoms with van der Waals surface area (Å²) in [5.74, 6) is 0. The van der Waals surface area contributed by atoms with Gasteiger partial charge in [-0.15, -0.1) is 0 Å². The van der Waals surface area contributed by atoms with Gasteiger partial charge in [-0.3, -0.25) is 0 Å². The van der Waals surface area contributed by atoms with Crippen LogP contribution in [0.2, 0.25) is 0 Å². The van der Waals surface area contributed by atoms with Gasteiger partial charge in [-0.2, -0.15) is 0 Å². The van der Waals surface area contributed by atoms with Crippen molar-refractivity contribution >= 4 is 110 Å². The molecular weight excluding hydrogens is 917 g/mol. The zero-order valence-electron chi connectivity index (χ0n) is 42.1. The second-order valence-electron chi connectivity index (χ2n) is 20.6. The lowest BCUT2D eigenvalue weighted by atomic mass is 9.81. The first kappa shape index (κ1) is 44.0. The third kappa shape index (κ3) is 7.32. The van der Waals surface area contributed by atoms with Crippen molar-refractivity contribution in [2.75, 3.05) is 9.80 Å². The molecule has 2 aliphatic carbocycles. The summed E-state index contributed by atoms with van der Waals surface area (Å²) >= 11 is 0. The van der Waals surface area contributed by atoms with Crippen molar-refractivity contribution in [1.29, 1.82) is 0 Å². The van der Waals surface area contributed by atoms with Crippen LogP contribution >= 0.6 is 0 Å². The van der Waals surface area contributed by atoms with E-state index in [4.69, 9.17) is 0 Å². The van der Waals surface area contributed by atoms with Crippen LogP contribution in [-0.2, 0) is 12.8 Å². The smallest absolute Gasteiger partial charge is 0.0540 e. The number of aryl methyl sites for hydroxylation is 2. The number of nitrogens with zero attached hydrogens (tertiary/aromatic N) is 2. The van der Waals surface area contributed by atoms with Crippen LogP contribution in [0.4, 0.5) is 28.4 Å². The molecule has 0 spiro atoms. The van der Waals surface area contributed by atoms with Crippen molar-refractivity contribution in [1.82, 2.24) is 0 Å². The predicted octanol–water partition coefficient (Wildman–Crippen LogP) is 20.4. The maximum atomic E-state index is 2.55. The molecule has 0 aromatic heterocycles. The van der Waals surface area contributed by atoms with Gasteiger partial charge in [0.2, 0.25) is 0 Å². The van der Waals surface area contributed by atoms with Gasteiger partial charge in [-0.1, -0.05) is 218 Å². The molecule has 0 bridgehead atoms. The van der Waals surface area contributed by atoms with E-state index in [-0.39, 0.29) is 0 Å². The summed E-state index contributed by atoms with van der Waals surface area (Å²) in [6, 6.07) is 95.3. The van der Waals surface area contributed by atoms with E-state index < -0.39 is 0 Å². The van der Waals surface area contributed by atoms with E-state index in [0.29, 0.717) is 0 Å². The Morgan fingerprint density at radius 1 is 0.303 bits per heavy atom. The molecule has 0 radical (unpaired) electrons. The number of hydrogen-bond donors (Lipinski definition) is 0. The first-order valence-corrected chi connectivity index (χ1v) is 26.8. The molecule has 0 saturated carbocycles. The van der Waals surface area contributed by atoms with Crippen molar-refractivity contribution in [3.8, 4) is 11.1 Å². The molecule has 15 rings (SSSR count). The Hall–Kier alpha value is -9.50. The maximum Gasteiger partial charge on any atom is 0.0540 e. The molecule has 0 atom stereocenters. The van der Waals surface area contributed by atoms with Gasteiger partial charge in [0, 0.05) is 38.8 Å². The van der Waals surface area contributed by atoms with Crippen LogP contribution in [0.3, 0.4) is 0 Å². The Balaban J connectivity index is 1.07. The highest BCUT2D eigenvalue weighted by Crippen LogP contribution is 2.51. The lowest BCUT2D eigenvalue weighted by molar-refractivity contribution is 0.968. The van der Waals surface area contributed by atoms with Gasteiger partial charge in [0.25, 0.3) is 0 Å². The molecule has 76 heavy (non-hydrogen) atoms. The van der Waals surface area contributed by atoms with E-state index >= 15 is 0 Å². The van der Waals surface area contributed by atoms with E-state index in [9.17, 15) is 0 Å². The summed E-state index contributed by atoms with van der Waals surface area (Å²) < 4.78 is 0. The predicted molar refractivity (Wildman–Crippen MR) is 326 cm³/mol. The average Bonchev–Trinajstić information content (AvgIpc) is 3.52. The number of benzene rings is 13. The van der Waals surface area contributed by atoms with E-state index in [0.717, 1.165) is 48.4 Å². The van der Waals surface area contributed by atoms with Crippen molar-refractivity contribution in [3.63, 3.8) is 0 Å². The van der Waals surface area contributed by atoms with Gasteiger partial charge in [0.1, 0.15) is 0 Å². The molecule has 2 aliphatic rings. The van der Waals surface area contributed by atoms with Gasteiger partial charge in [0.05, 0.1) is 17.1 Å². The summed E-state index contributed by atoms with van der Waals surface area (Å²) in [6.45, 7) is 0. The molecular formula is C74H52N2. The highest BCUT2D eigenvalue weighted by molar-refractivity contribution is 6.22. The third-order valence-electron chi connectivity index (χ3n) is 16.3. The second-order valence-corrected chi connectivity index (χ2v) is 20.6. The van der Waals surface area contributed by atoms with Gasteiger partial charge in [0.15, 0.2) is 0 Å². The summed E-state index contributed by atoms with van der Waals surface area (Å²) in [5, 5.41) is 14.7. The van der Waals surface area contributed by atoms with Crippen molar-refractivity contribution < 1.29 is 0 Å². The average molecular weight is 969 g/mol. The highest BCUT2D eigenvalue weighted by atomic mass is 15.2. The normalized spacial score (nSPS) is 13.2. The Morgan fingerprint density at radius 3 is 1.49 bits per heavy atom. The quantitative estimate of drug-likeness (QED) is 0.140. The summed E-state index contributed by atoms with van der Waals surface area (Å²) in [4.78, 5) is 5.07. The van der Waals surface area contributed by atoms with Crippen molar-refractivity contribution in [2.45, 2.75) is 25.7 Å². The molecule has 358 valence electrons. The molecule has 2 nitrogen and oxygen atoms in total. The summed E-state index contributed by atoms with van der Waals surface area (Å²) in [5.41, 5.74) is 17.4. The molecule has 0 aliphatic heterocycles. The fourth-order valence-corrected chi connectivity index (χ4v) is 12.8. The van der Waals surface area contributed by atoms with E-state index in [1.165, 1.54) is 121 Å². The molecule has 0 amide bonds. The Labute approximate surface area is 443 Å². The van der Waals surface area contributed by atoms with Crippen LogP contribution in [0.1, 0.15) is 40.7 Å². The van der Waals surface area contributed by atoms with E-state index in [2.05, 4.69) is 277 Å². The molecule has 13 aromatic carbocycles. The topological polar surface area (TPSA) is 6.48 Å². The Bertz CT molecular complexity index is 4460. The standard InChI is InChI=1S/C74H52N2/c1-3-23-55-45-57(39-37-49(55)17-1)73-65-43-41-60(76(71-35-15-27-53-21-7-11-31-63(53)71)72-36-16-28-54-22-8-12-32-64(54)72)48-68(65)74(58-40-38-50-18-2-4-24-56(50)46-58)66-44-42-59(47-67(66)73)75(69-33-13-25-51-19-5-9-29-61(51)69)70-34-14-26-52-20-6-10-30-62(52)70/h1-15,17-27,29-36,38,40-48H,16,28,37,39H2. The summed E-state index contributed by atoms with van der Waals surface area (Å²) in [6.07, 6.45) is 8.88. The molecule has 0 heterocycles. The lowest BCUT2D eigenvalue weighted by Gasteiger charge is -2.33. The van der Waals surface area contributed by atoms with Crippen molar-refractivity contribution in [2.24, 2.45) is 0 Å². The zero-order chi connectivity index (χ0) is 50.1.